The van der Waals surface area contributed by atoms with Crippen molar-refractivity contribution in [2.24, 2.45) is 0 Å². The van der Waals surface area contributed by atoms with Gasteiger partial charge in [-0.05, 0) is 34.6 Å². The zero-order chi connectivity index (χ0) is 18.3. The first-order valence-corrected chi connectivity index (χ1v) is 7.27. The van der Waals surface area contributed by atoms with Gasteiger partial charge in [0.2, 0.25) is 0 Å². The largest absolute Gasteiger partial charge is 0.408 e. The highest BCUT2D eigenvalue weighted by Crippen LogP contribution is 2.27. The third-order valence-corrected chi connectivity index (χ3v) is 3.62. The predicted molar refractivity (Wildman–Crippen MR) is 79.5 cm³/mol. The third-order valence-electron chi connectivity index (χ3n) is 3.62. The zero-order valence-corrected chi connectivity index (χ0v) is 14.1. The van der Waals surface area contributed by atoms with Crippen molar-refractivity contribution in [2.75, 3.05) is 0 Å². The first kappa shape index (κ1) is 18.0. The standard InChI is InChI=1S/C15H19F3N4O2/c1-8-11(6-22(20-8)7-15(16,17)18)13(23)19-14(4,5)12-9(2)21-24-10(12)3/h6H,7H2,1-5H3,(H,19,23). The molecule has 0 fully saturated rings. The van der Waals surface area contributed by atoms with Gasteiger partial charge in [0.15, 0.2) is 0 Å². The summed E-state index contributed by atoms with van der Waals surface area (Å²) in [5.74, 6) is 0.0632. The maximum atomic E-state index is 12.5. The van der Waals surface area contributed by atoms with Crippen LogP contribution in [0.15, 0.2) is 10.7 Å². The van der Waals surface area contributed by atoms with Gasteiger partial charge in [-0.15, -0.1) is 0 Å². The van der Waals surface area contributed by atoms with Crippen molar-refractivity contribution < 1.29 is 22.5 Å². The van der Waals surface area contributed by atoms with Gasteiger partial charge < -0.3 is 9.84 Å². The number of aryl methyl sites for hydroxylation is 3. The molecule has 0 bridgehead atoms. The summed E-state index contributed by atoms with van der Waals surface area (Å²) in [4.78, 5) is 12.5. The van der Waals surface area contributed by atoms with Crippen LogP contribution >= 0.6 is 0 Å². The van der Waals surface area contributed by atoms with Gasteiger partial charge >= 0.3 is 6.18 Å². The van der Waals surface area contributed by atoms with E-state index < -0.39 is 24.2 Å². The molecular weight excluding hydrogens is 325 g/mol. The van der Waals surface area contributed by atoms with E-state index >= 15 is 0 Å². The van der Waals surface area contributed by atoms with Crippen LogP contribution in [0.25, 0.3) is 0 Å². The van der Waals surface area contributed by atoms with Crippen LogP contribution in [-0.4, -0.2) is 27.0 Å². The molecule has 2 rings (SSSR count). The van der Waals surface area contributed by atoms with Gasteiger partial charge in [-0.2, -0.15) is 18.3 Å². The lowest BCUT2D eigenvalue weighted by Gasteiger charge is -2.26. The summed E-state index contributed by atoms with van der Waals surface area (Å²) in [6.07, 6.45) is -3.30. The van der Waals surface area contributed by atoms with Crippen LogP contribution in [-0.2, 0) is 12.1 Å². The molecule has 0 spiro atoms. The minimum atomic E-state index is -4.40. The second-order valence-electron chi connectivity index (χ2n) is 6.22. The molecule has 6 nitrogen and oxygen atoms in total. The summed E-state index contributed by atoms with van der Waals surface area (Å²) in [5.41, 5.74) is 0.896. The van der Waals surface area contributed by atoms with Crippen molar-refractivity contribution in [1.29, 1.82) is 0 Å². The number of amides is 1. The Kier molecular flexibility index (Phi) is 4.47. The monoisotopic (exact) mass is 344 g/mol. The Balaban J connectivity index is 2.24. The minimum absolute atomic E-state index is 0.0964. The summed E-state index contributed by atoms with van der Waals surface area (Å²) < 4.78 is 43.2. The number of carbonyl (C=O) groups is 1. The highest BCUT2D eigenvalue weighted by atomic mass is 19.4. The first-order chi connectivity index (χ1) is 10.9. The van der Waals surface area contributed by atoms with E-state index in [-0.39, 0.29) is 11.3 Å². The molecule has 1 N–H and O–H groups in total. The third kappa shape index (κ3) is 3.77. The summed E-state index contributed by atoms with van der Waals surface area (Å²) >= 11 is 0. The van der Waals surface area contributed by atoms with Crippen LogP contribution in [0.2, 0.25) is 0 Å². The number of alkyl halides is 3. The van der Waals surface area contributed by atoms with Crippen molar-refractivity contribution in [3.63, 3.8) is 0 Å². The number of carbonyl (C=O) groups excluding carboxylic acids is 1. The maximum absolute atomic E-state index is 12.5. The summed E-state index contributed by atoms with van der Waals surface area (Å²) in [5, 5.41) is 10.4. The van der Waals surface area contributed by atoms with Crippen LogP contribution in [0.4, 0.5) is 13.2 Å². The van der Waals surface area contributed by atoms with Crippen LogP contribution in [0.5, 0.6) is 0 Å². The van der Waals surface area contributed by atoms with E-state index in [1.807, 2.05) is 0 Å². The van der Waals surface area contributed by atoms with E-state index in [2.05, 4.69) is 15.6 Å². The van der Waals surface area contributed by atoms with Crippen molar-refractivity contribution in [2.45, 2.75) is 52.9 Å². The number of hydrogen-bond donors (Lipinski definition) is 1. The van der Waals surface area contributed by atoms with Crippen molar-refractivity contribution >= 4 is 5.91 Å². The highest BCUT2D eigenvalue weighted by Gasteiger charge is 2.32. The number of nitrogens with one attached hydrogen (secondary N) is 1. The molecule has 132 valence electrons. The second-order valence-corrected chi connectivity index (χ2v) is 6.22. The lowest BCUT2D eigenvalue weighted by Crippen LogP contribution is -2.41. The Bertz CT molecular complexity index is 740. The van der Waals surface area contributed by atoms with Gasteiger partial charge in [0, 0.05) is 11.8 Å². The summed E-state index contributed by atoms with van der Waals surface area (Å²) in [6, 6.07) is 0. The fourth-order valence-electron chi connectivity index (χ4n) is 2.79. The average Bonchev–Trinajstić information content (AvgIpc) is 2.90. The zero-order valence-electron chi connectivity index (χ0n) is 14.1. The quantitative estimate of drug-likeness (QED) is 0.925. The molecule has 0 saturated heterocycles. The van der Waals surface area contributed by atoms with Crippen LogP contribution in [0, 0.1) is 20.8 Å². The molecule has 0 atom stereocenters. The Morgan fingerprint density at radius 3 is 2.38 bits per heavy atom. The highest BCUT2D eigenvalue weighted by molar-refractivity contribution is 5.95. The number of halogens is 3. The van der Waals surface area contributed by atoms with E-state index in [0.29, 0.717) is 16.1 Å². The lowest BCUT2D eigenvalue weighted by molar-refractivity contribution is -0.142. The average molecular weight is 344 g/mol. The molecule has 0 aliphatic rings. The SMILES string of the molecule is Cc1nn(CC(F)(F)F)cc1C(=O)NC(C)(C)c1c(C)noc1C. The molecule has 2 aromatic rings. The predicted octanol–water partition coefficient (Wildman–Crippen LogP) is 3.02. The molecule has 24 heavy (non-hydrogen) atoms. The number of aromatic nitrogens is 3. The molecule has 2 heterocycles. The van der Waals surface area contributed by atoms with E-state index in [9.17, 15) is 18.0 Å². The van der Waals surface area contributed by atoms with E-state index in [1.54, 1.807) is 27.7 Å². The molecule has 1 amide bonds. The van der Waals surface area contributed by atoms with E-state index in [0.717, 1.165) is 11.8 Å². The molecular formula is C15H19F3N4O2. The lowest BCUT2D eigenvalue weighted by atomic mass is 9.92. The molecule has 9 heteroatoms. The van der Waals surface area contributed by atoms with Gasteiger partial charge in [0.05, 0.1) is 22.5 Å². The fourth-order valence-corrected chi connectivity index (χ4v) is 2.79. The van der Waals surface area contributed by atoms with Gasteiger partial charge in [-0.1, -0.05) is 5.16 Å². The number of nitrogens with zero attached hydrogens (tertiary/aromatic N) is 3. The van der Waals surface area contributed by atoms with Gasteiger partial charge in [-0.25, -0.2) is 0 Å². The summed E-state index contributed by atoms with van der Waals surface area (Å²) in [7, 11) is 0. The van der Waals surface area contributed by atoms with Crippen LogP contribution < -0.4 is 5.32 Å². The van der Waals surface area contributed by atoms with Gasteiger partial charge in [-0.3, -0.25) is 9.48 Å². The van der Waals surface area contributed by atoms with Gasteiger partial charge in [0.1, 0.15) is 12.3 Å². The normalized spacial score (nSPS) is 12.5. The maximum Gasteiger partial charge on any atom is 0.408 e. The number of rotatable bonds is 4. The van der Waals surface area contributed by atoms with Crippen molar-refractivity contribution in [3.05, 3.63) is 34.5 Å². The minimum Gasteiger partial charge on any atom is -0.361 e. The summed E-state index contributed by atoms with van der Waals surface area (Å²) in [6.45, 7) is 7.28. The molecule has 0 radical (unpaired) electrons. The Morgan fingerprint density at radius 1 is 1.25 bits per heavy atom. The van der Waals surface area contributed by atoms with Gasteiger partial charge in [0.25, 0.3) is 5.91 Å². The van der Waals surface area contributed by atoms with Crippen LogP contribution in [0.1, 0.15) is 46.9 Å². The Morgan fingerprint density at radius 2 is 1.88 bits per heavy atom. The molecule has 0 aliphatic heterocycles. The molecule has 0 saturated carbocycles. The fraction of sp³-hybridized carbons (Fsp3) is 0.533. The van der Waals surface area contributed by atoms with Crippen molar-refractivity contribution in [1.82, 2.24) is 20.3 Å². The van der Waals surface area contributed by atoms with Crippen molar-refractivity contribution in [3.8, 4) is 0 Å². The molecule has 0 aliphatic carbocycles. The molecule has 0 aromatic carbocycles. The second kappa shape index (κ2) is 5.95. The smallest absolute Gasteiger partial charge is 0.361 e. The first-order valence-electron chi connectivity index (χ1n) is 7.27. The van der Waals surface area contributed by atoms with E-state index in [1.165, 1.54) is 6.92 Å². The topological polar surface area (TPSA) is 73.0 Å². The number of hydrogen-bond acceptors (Lipinski definition) is 4. The molecule has 2 aromatic heterocycles. The van der Waals surface area contributed by atoms with Crippen LogP contribution in [0.3, 0.4) is 0 Å². The Labute approximate surface area is 137 Å². The molecule has 0 unspecified atom stereocenters. The van der Waals surface area contributed by atoms with E-state index in [4.69, 9.17) is 4.52 Å². The Hall–Kier alpha value is -2.32.